The van der Waals surface area contributed by atoms with Gasteiger partial charge in [-0.3, -0.25) is 4.98 Å². The summed E-state index contributed by atoms with van der Waals surface area (Å²) in [7, 11) is -4.01. The maximum Gasteiger partial charge on any atom is 0.419 e. The molecule has 0 spiro atoms. The molecular weight excluding hydrogens is 246 g/mol. The smallest absolute Gasteiger partial charge is 0.419 e. The quantitative estimate of drug-likeness (QED) is 0.704. The number of aromatic nitrogens is 1. The summed E-state index contributed by atoms with van der Waals surface area (Å²) in [6.07, 6.45) is -0.0153. The zero-order valence-electron chi connectivity index (χ0n) is 9.12. The van der Waals surface area contributed by atoms with Crippen molar-refractivity contribution < 1.29 is 18.3 Å². The zero-order chi connectivity index (χ0) is 12.9. The van der Waals surface area contributed by atoms with E-state index >= 15 is 0 Å². The Morgan fingerprint density at radius 1 is 1.53 bits per heavy atom. The van der Waals surface area contributed by atoms with Gasteiger partial charge in [-0.25, -0.2) is 9.52 Å². The summed E-state index contributed by atoms with van der Waals surface area (Å²) in [5.74, 6) is -0.151. The first kappa shape index (κ1) is 13.4. The first-order valence-electron chi connectivity index (χ1n) is 4.82. The fourth-order valence-corrected chi connectivity index (χ4v) is 1.93. The monoisotopic (exact) mass is 259 g/mol. The predicted octanol–water partition coefficient (Wildman–Crippen LogP) is 0.287. The minimum Gasteiger partial charge on any atom is -0.464 e. The van der Waals surface area contributed by atoms with Gasteiger partial charge < -0.3 is 5.11 Å². The molecule has 1 aromatic heterocycles. The molecule has 0 fully saturated rings. The summed E-state index contributed by atoms with van der Waals surface area (Å²) < 4.78 is 25.8. The van der Waals surface area contributed by atoms with Gasteiger partial charge in [-0.2, -0.15) is 13.1 Å². The van der Waals surface area contributed by atoms with Crippen molar-refractivity contribution in [3.8, 4) is 0 Å². The Hall–Kier alpha value is -1.67. The van der Waals surface area contributed by atoms with Gasteiger partial charge in [-0.05, 0) is 12.1 Å². The lowest BCUT2D eigenvalue weighted by Gasteiger charge is -2.11. The summed E-state index contributed by atoms with van der Waals surface area (Å²) in [6.45, 7) is 1.85. The van der Waals surface area contributed by atoms with E-state index < -0.39 is 16.3 Å². The van der Waals surface area contributed by atoms with Gasteiger partial charge in [0.2, 0.25) is 0 Å². The molecule has 0 aliphatic carbocycles. The van der Waals surface area contributed by atoms with E-state index in [1.54, 1.807) is 31.3 Å². The van der Waals surface area contributed by atoms with Crippen LogP contribution in [-0.2, 0) is 10.2 Å². The van der Waals surface area contributed by atoms with Crippen LogP contribution in [0.1, 0.15) is 18.5 Å². The number of hydrogen-bond donors (Lipinski definition) is 3. The van der Waals surface area contributed by atoms with E-state index in [9.17, 15) is 13.2 Å². The highest BCUT2D eigenvalue weighted by Gasteiger charge is 2.15. The zero-order valence-corrected chi connectivity index (χ0v) is 9.94. The highest BCUT2D eigenvalue weighted by atomic mass is 32.2. The second-order valence-electron chi connectivity index (χ2n) is 3.41. The number of amides is 1. The van der Waals surface area contributed by atoms with Crippen LogP contribution in [0.25, 0.3) is 0 Å². The molecule has 0 saturated carbocycles. The van der Waals surface area contributed by atoms with Crippen molar-refractivity contribution in [1.82, 2.24) is 14.4 Å². The highest BCUT2D eigenvalue weighted by molar-refractivity contribution is 7.88. The van der Waals surface area contributed by atoms with E-state index in [1.165, 1.54) is 4.72 Å². The van der Waals surface area contributed by atoms with Crippen LogP contribution in [0, 0.1) is 0 Å². The number of pyridine rings is 1. The van der Waals surface area contributed by atoms with Crippen molar-refractivity contribution in [3.63, 3.8) is 0 Å². The third-order valence-corrected chi connectivity index (χ3v) is 2.98. The maximum absolute atomic E-state index is 11.2. The molecule has 1 rings (SSSR count). The first-order valence-corrected chi connectivity index (χ1v) is 6.30. The van der Waals surface area contributed by atoms with Gasteiger partial charge in [-0.1, -0.05) is 13.0 Å². The van der Waals surface area contributed by atoms with Crippen LogP contribution < -0.4 is 9.44 Å². The second-order valence-corrected chi connectivity index (χ2v) is 4.91. The van der Waals surface area contributed by atoms with Crippen molar-refractivity contribution in [1.29, 1.82) is 0 Å². The van der Waals surface area contributed by atoms with Crippen LogP contribution in [0.15, 0.2) is 24.4 Å². The molecule has 1 heterocycles. The molecule has 1 aromatic rings. The molecular formula is C9H13N3O4S. The van der Waals surface area contributed by atoms with Crippen molar-refractivity contribution in [2.75, 3.05) is 6.54 Å². The summed E-state index contributed by atoms with van der Waals surface area (Å²) in [5.41, 5.74) is 0.727. The largest absolute Gasteiger partial charge is 0.464 e. The molecule has 3 N–H and O–H groups in total. The van der Waals surface area contributed by atoms with Crippen LogP contribution in [0.5, 0.6) is 0 Å². The van der Waals surface area contributed by atoms with Gasteiger partial charge in [0.05, 0.1) is 0 Å². The van der Waals surface area contributed by atoms with Gasteiger partial charge in [0, 0.05) is 24.4 Å². The predicted molar refractivity (Wildman–Crippen MR) is 60.7 cm³/mol. The highest BCUT2D eigenvalue weighted by Crippen LogP contribution is 2.09. The molecule has 0 aliphatic heterocycles. The van der Waals surface area contributed by atoms with E-state index in [2.05, 4.69) is 9.71 Å². The standard InChI is InChI=1S/C9H13N3O4S/c1-7(8-4-2-3-5-10-8)6-11-17(15,16)12-9(13)14/h2-5,7,11-12H,6H2,1H3,(H,13,14). The SMILES string of the molecule is CC(CNS(=O)(=O)NC(=O)O)c1ccccn1. The Morgan fingerprint density at radius 3 is 2.76 bits per heavy atom. The van der Waals surface area contributed by atoms with E-state index in [0.29, 0.717) is 0 Å². The molecule has 1 unspecified atom stereocenters. The first-order chi connectivity index (χ1) is 7.91. The van der Waals surface area contributed by atoms with Gasteiger partial charge in [0.1, 0.15) is 0 Å². The fraction of sp³-hybridized carbons (Fsp3) is 0.333. The van der Waals surface area contributed by atoms with Crippen molar-refractivity contribution in [2.24, 2.45) is 0 Å². The third kappa shape index (κ3) is 4.79. The van der Waals surface area contributed by atoms with Gasteiger partial charge in [0.25, 0.3) is 0 Å². The van der Waals surface area contributed by atoms with E-state index in [0.717, 1.165) is 5.69 Å². The Balaban J connectivity index is 2.54. The molecule has 7 nitrogen and oxygen atoms in total. The maximum atomic E-state index is 11.2. The molecule has 17 heavy (non-hydrogen) atoms. The van der Waals surface area contributed by atoms with E-state index in [4.69, 9.17) is 5.11 Å². The van der Waals surface area contributed by atoms with Crippen LogP contribution in [0.4, 0.5) is 4.79 Å². The van der Waals surface area contributed by atoms with Gasteiger partial charge in [-0.15, -0.1) is 0 Å². The van der Waals surface area contributed by atoms with Crippen LogP contribution >= 0.6 is 0 Å². The summed E-state index contributed by atoms with van der Waals surface area (Å²) in [5, 5.41) is 8.29. The van der Waals surface area contributed by atoms with Crippen molar-refractivity contribution >= 4 is 16.3 Å². The normalized spacial score (nSPS) is 13.0. The molecule has 0 aliphatic rings. The molecule has 0 bridgehead atoms. The average molecular weight is 259 g/mol. The molecule has 0 aromatic carbocycles. The Bertz CT molecular complexity index is 474. The molecule has 0 saturated heterocycles. The minimum atomic E-state index is -4.01. The molecule has 94 valence electrons. The molecule has 0 radical (unpaired) electrons. The average Bonchev–Trinajstić information content (AvgIpc) is 2.25. The number of nitrogens with zero attached hydrogens (tertiary/aromatic N) is 1. The van der Waals surface area contributed by atoms with Crippen LogP contribution in [0.2, 0.25) is 0 Å². The second kappa shape index (κ2) is 5.60. The number of rotatable bonds is 5. The summed E-state index contributed by atoms with van der Waals surface area (Å²) in [6, 6.07) is 5.32. The Labute approximate surface area is 99.1 Å². The number of carbonyl (C=O) groups is 1. The topological polar surface area (TPSA) is 108 Å². The van der Waals surface area contributed by atoms with Crippen molar-refractivity contribution in [3.05, 3.63) is 30.1 Å². The summed E-state index contributed by atoms with van der Waals surface area (Å²) >= 11 is 0. The number of nitrogens with one attached hydrogen (secondary N) is 2. The Morgan fingerprint density at radius 2 is 2.24 bits per heavy atom. The molecule has 1 atom stereocenters. The summed E-state index contributed by atoms with van der Waals surface area (Å²) in [4.78, 5) is 14.3. The van der Waals surface area contributed by atoms with Crippen LogP contribution in [0.3, 0.4) is 0 Å². The lowest BCUT2D eigenvalue weighted by molar-refractivity contribution is 0.201. The molecule has 1 amide bonds. The van der Waals surface area contributed by atoms with E-state index in [1.807, 2.05) is 0 Å². The Kier molecular flexibility index (Phi) is 4.41. The number of carboxylic acid groups (broad SMARTS) is 1. The van der Waals surface area contributed by atoms with Crippen LogP contribution in [-0.4, -0.2) is 31.1 Å². The molecule has 8 heteroatoms. The third-order valence-electron chi connectivity index (χ3n) is 1.99. The fourth-order valence-electron chi connectivity index (χ4n) is 1.16. The van der Waals surface area contributed by atoms with E-state index in [-0.39, 0.29) is 12.5 Å². The lowest BCUT2D eigenvalue weighted by Crippen LogP contribution is -2.40. The van der Waals surface area contributed by atoms with Gasteiger partial charge in [0.15, 0.2) is 0 Å². The minimum absolute atomic E-state index is 0.0691. The van der Waals surface area contributed by atoms with Crippen molar-refractivity contribution in [2.45, 2.75) is 12.8 Å². The number of hydrogen-bond acceptors (Lipinski definition) is 4. The van der Waals surface area contributed by atoms with Gasteiger partial charge >= 0.3 is 16.3 Å². The lowest BCUT2D eigenvalue weighted by atomic mass is 10.1.